The van der Waals surface area contributed by atoms with Gasteiger partial charge in [0.1, 0.15) is 5.60 Å². The number of carbonyl (C=O) groups is 1. The summed E-state index contributed by atoms with van der Waals surface area (Å²) in [4.78, 5) is 19.2. The van der Waals surface area contributed by atoms with E-state index in [-0.39, 0.29) is 5.95 Å². The first-order chi connectivity index (χ1) is 10.3. The second-order valence-electron chi connectivity index (χ2n) is 5.23. The standard InChI is InChI=1S/C11H16ClN3O2.B5/c1-7(12)8-5-13-9(14-6-8)15-10(16)17-11(2,3)4;1-4-5(2)3/h5-7H,1-4H3,(H,13,14,15,16);/i7D;. The molecular formula is C11H16B5ClN3O2. The molecule has 1 aromatic rings. The van der Waals surface area contributed by atoms with Crippen molar-refractivity contribution in [2.75, 3.05) is 5.32 Å². The van der Waals surface area contributed by atoms with Crippen LogP contribution >= 0.6 is 11.6 Å². The average molecular weight is 313 g/mol. The number of hydrogen-bond acceptors (Lipinski definition) is 4. The van der Waals surface area contributed by atoms with E-state index in [9.17, 15) is 4.79 Å². The molecule has 0 fully saturated rings. The number of anilines is 1. The minimum Gasteiger partial charge on any atom is -0.444 e. The average Bonchev–Trinajstić information content (AvgIpc) is 2.36. The van der Waals surface area contributed by atoms with Crippen LogP contribution in [0.4, 0.5) is 10.7 Å². The Morgan fingerprint density at radius 3 is 2.27 bits per heavy atom. The second-order valence-corrected chi connectivity index (χ2v) is 5.79. The molecule has 22 heavy (non-hydrogen) atoms. The van der Waals surface area contributed by atoms with Gasteiger partial charge in [0.25, 0.3) is 0 Å². The lowest BCUT2D eigenvalue weighted by Gasteiger charge is -2.19. The molecule has 1 rings (SSSR count). The van der Waals surface area contributed by atoms with Crippen molar-refractivity contribution in [3.05, 3.63) is 18.0 Å². The Hall–Kier alpha value is -1.04. The molecule has 1 N–H and O–H groups in total. The Bertz CT molecular complexity index is 494. The van der Waals surface area contributed by atoms with E-state index in [0.29, 0.717) is 5.56 Å². The minimum atomic E-state index is -1.29. The van der Waals surface area contributed by atoms with Gasteiger partial charge in [0.05, 0.1) is 6.72 Å². The Morgan fingerprint density at radius 1 is 1.50 bits per heavy atom. The zero-order chi connectivity index (χ0) is 18.3. The zero-order valence-electron chi connectivity index (χ0n) is 14.1. The number of nitrogens with one attached hydrogen (secondary N) is 1. The van der Waals surface area contributed by atoms with Gasteiger partial charge in [-0.25, -0.2) is 14.8 Å². The monoisotopic (exact) mass is 313 g/mol. The van der Waals surface area contributed by atoms with Crippen molar-refractivity contribution < 1.29 is 10.9 Å². The predicted molar refractivity (Wildman–Crippen MR) is 94.9 cm³/mol. The number of rotatable bonds is 3. The molecule has 1 amide bonds. The molecule has 7 radical (unpaired) electrons. The third kappa shape index (κ3) is 10.7. The van der Waals surface area contributed by atoms with Crippen LogP contribution in [0, 0.1) is 0 Å². The lowest BCUT2D eigenvalue weighted by molar-refractivity contribution is 0.0634. The summed E-state index contributed by atoms with van der Waals surface area (Å²) in [6, 6.07) is 0. The normalized spacial score (nSPS) is 13.6. The molecule has 0 aliphatic carbocycles. The van der Waals surface area contributed by atoms with E-state index in [1.165, 1.54) is 26.4 Å². The summed E-state index contributed by atoms with van der Waals surface area (Å²) >= 11 is 5.78. The summed E-state index contributed by atoms with van der Waals surface area (Å²) < 4.78 is 12.6. The molecular weight excluding hydrogens is 296 g/mol. The molecule has 0 bridgehead atoms. The molecule has 1 aromatic heterocycles. The van der Waals surface area contributed by atoms with Gasteiger partial charge < -0.3 is 4.74 Å². The molecule has 1 heterocycles. The summed E-state index contributed by atoms with van der Waals surface area (Å²) in [5.74, 6) is 0.105. The first-order valence-electron chi connectivity index (χ1n) is 6.93. The lowest BCUT2D eigenvalue weighted by Crippen LogP contribution is -2.27. The number of ether oxygens (including phenoxy) is 1. The summed E-state index contributed by atoms with van der Waals surface area (Å²) in [6.45, 7) is 6.79. The van der Waals surface area contributed by atoms with Crippen LogP contribution in [0.5, 0.6) is 0 Å². The van der Waals surface area contributed by atoms with Gasteiger partial charge in [0, 0.05) is 54.6 Å². The quantitative estimate of drug-likeness (QED) is 0.673. The van der Waals surface area contributed by atoms with Crippen LogP contribution in [0.25, 0.3) is 0 Å². The summed E-state index contributed by atoms with van der Waals surface area (Å²) in [7, 11) is 15.8. The maximum Gasteiger partial charge on any atom is 0.414 e. The van der Waals surface area contributed by atoms with E-state index in [2.05, 4.69) is 15.3 Å². The first kappa shape index (κ1) is 19.0. The Morgan fingerprint density at radius 2 is 1.95 bits per heavy atom. The fraction of sp³-hybridized carbons (Fsp3) is 0.545. The van der Waals surface area contributed by atoms with E-state index in [4.69, 9.17) is 40.9 Å². The number of nitrogens with zero attached hydrogens (tertiary/aromatic N) is 2. The van der Waals surface area contributed by atoms with Crippen LogP contribution in [0.2, 0.25) is 0 Å². The van der Waals surface area contributed by atoms with Crippen molar-refractivity contribution in [1.29, 1.82) is 0 Å². The van der Waals surface area contributed by atoms with Crippen LogP contribution in [-0.4, -0.2) is 58.3 Å². The van der Waals surface area contributed by atoms with E-state index in [0.717, 1.165) is 0 Å². The van der Waals surface area contributed by atoms with E-state index >= 15 is 0 Å². The van der Waals surface area contributed by atoms with Crippen LogP contribution in [0.15, 0.2) is 12.4 Å². The Kier molecular flexibility index (Phi) is 8.53. The van der Waals surface area contributed by atoms with Gasteiger partial charge in [-0.15, -0.1) is 11.6 Å². The second kappa shape index (κ2) is 9.88. The number of amides is 1. The highest BCUT2D eigenvalue weighted by Gasteiger charge is 2.16. The van der Waals surface area contributed by atoms with E-state index < -0.39 is 23.4 Å². The third-order valence-corrected chi connectivity index (χ3v) is 2.10. The van der Waals surface area contributed by atoms with Gasteiger partial charge >= 0.3 is 6.09 Å². The van der Waals surface area contributed by atoms with Crippen molar-refractivity contribution in [2.24, 2.45) is 0 Å². The number of hydrogen-bond donors (Lipinski definition) is 1. The maximum atomic E-state index is 11.4. The van der Waals surface area contributed by atoms with Crippen molar-refractivity contribution in [1.82, 2.24) is 9.97 Å². The molecule has 1 atom stereocenters. The lowest BCUT2D eigenvalue weighted by atomic mass is 8.97. The minimum absolute atomic E-state index is 0.105. The predicted octanol–water partition coefficient (Wildman–Crippen LogP) is 1.22. The van der Waals surface area contributed by atoms with E-state index in [1.54, 1.807) is 20.8 Å². The van der Waals surface area contributed by atoms with Crippen molar-refractivity contribution in [3.8, 4) is 0 Å². The summed E-state index contributed by atoms with van der Waals surface area (Å²) in [5.41, 5.74) is -0.140. The molecule has 0 aliphatic rings. The molecule has 0 spiro atoms. The molecule has 11 heteroatoms. The highest BCUT2D eigenvalue weighted by molar-refractivity contribution is 7.60. The molecule has 5 nitrogen and oxygen atoms in total. The molecule has 0 aromatic carbocycles. The van der Waals surface area contributed by atoms with Gasteiger partial charge in [-0.05, 0) is 27.7 Å². The van der Waals surface area contributed by atoms with Gasteiger partial charge in [-0.3, -0.25) is 5.32 Å². The topological polar surface area (TPSA) is 64.1 Å². The first-order valence-corrected chi connectivity index (χ1v) is 6.80. The fourth-order valence-electron chi connectivity index (χ4n) is 0.965. The summed E-state index contributed by atoms with van der Waals surface area (Å²) in [5, 5.41) is 1.10. The van der Waals surface area contributed by atoms with Crippen LogP contribution in [0.1, 0.15) is 40.0 Å². The molecule has 0 aliphatic heterocycles. The number of alkyl halides is 1. The van der Waals surface area contributed by atoms with Gasteiger partial charge in [-0.2, -0.15) is 0 Å². The fourth-order valence-corrected chi connectivity index (χ4v) is 1.06. The number of carbonyl (C=O) groups excluding carboxylic acids is 1. The van der Waals surface area contributed by atoms with Crippen LogP contribution < -0.4 is 5.32 Å². The maximum absolute atomic E-state index is 11.4. The molecule has 0 saturated carbocycles. The highest BCUT2D eigenvalue weighted by Crippen LogP contribution is 2.17. The Balaban J connectivity index is 0.000000841. The van der Waals surface area contributed by atoms with Gasteiger partial charge in [-0.1, -0.05) is 0 Å². The highest BCUT2D eigenvalue weighted by atomic mass is 35.5. The zero-order valence-corrected chi connectivity index (χ0v) is 13.9. The summed E-state index contributed by atoms with van der Waals surface area (Å²) in [6.07, 6.45) is 1.68. The van der Waals surface area contributed by atoms with Gasteiger partial charge in [0.2, 0.25) is 5.95 Å². The van der Waals surface area contributed by atoms with Crippen LogP contribution in [-0.2, 0) is 4.74 Å². The smallest absolute Gasteiger partial charge is 0.414 e. The van der Waals surface area contributed by atoms with Crippen molar-refractivity contribution >= 4 is 60.3 Å². The SMILES string of the molecule is [2H]C(C)(Cl)c1cnc(NC(=O)OC(C)(C)C)nc1.[B][B]B([B])[B]. The largest absolute Gasteiger partial charge is 0.444 e. The van der Waals surface area contributed by atoms with E-state index in [1.807, 2.05) is 0 Å². The Labute approximate surface area is 143 Å². The third-order valence-electron chi connectivity index (χ3n) is 1.88. The molecule has 1 unspecified atom stereocenters. The van der Waals surface area contributed by atoms with Crippen molar-refractivity contribution in [3.63, 3.8) is 0 Å². The number of aromatic nitrogens is 2. The molecule has 0 saturated heterocycles. The number of halogens is 1. The van der Waals surface area contributed by atoms with Crippen LogP contribution in [0.3, 0.4) is 0 Å². The van der Waals surface area contributed by atoms with Crippen molar-refractivity contribution in [2.45, 2.75) is 38.6 Å². The van der Waals surface area contributed by atoms with Gasteiger partial charge in [0.15, 0.2) is 0 Å². The molecule has 109 valence electrons.